The van der Waals surface area contributed by atoms with Crippen LogP contribution in [0.2, 0.25) is 0 Å². The smallest absolute Gasteiger partial charge is 0.147 e. The number of hydrogen-bond acceptors (Lipinski definition) is 6. The van der Waals surface area contributed by atoms with Gasteiger partial charge in [0.2, 0.25) is 0 Å². The van der Waals surface area contributed by atoms with E-state index in [1.54, 1.807) is 30.8 Å². The highest BCUT2D eigenvalue weighted by Crippen LogP contribution is 2.41. The third-order valence-electron chi connectivity index (χ3n) is 6.48. The summed E-state index contributed by atoms with van der Waals surface area (Å²) >= 11 is 5.08. The Morgan fingerprint density at radius 2 is 2.23 bits per heavy atom. The van der Waals surface area contributed by atoms with Crippen LogP contribution in [0.4, 0.5) is 15.9 Å². The van der Waals surface area contributed by atoms with Gasteiger partial charge >= 0.3 is 0 Å². The van der Waals surface area contributed by atoms with Gasteiger partial charge in [0.05, 0.1) is 17.7 Å². The van der Waals surface area contributed by atoms with Crippen LogP contribution in [-0.4, -0.2) is 47.7 Å². The average molecular weight is 505 g/mol. The van der Waals surface area contributed by atoms with E-state index in [2.05, 4.69) is 36.1 Å². The molecule has 0 saturated carbocycles. The number of fused-ring (bicyclic) bond motifs is 3. The van der Waals surface area contributed by atoms with Gasteiger partial charge in [0.15, 0.2) is 0 Å². The second-order valence-electron chi connectivity index (χ2n) is 8.51. The summed E-state index contributed by atoms with van der Waals surface area (Å²) in [5, 5.41) is 4.26. The van der Waals surface area contributed by atoms with Gasteiger partial charge in [-0.1, -0.05) is 15.9 Å². The molecular weight excluding hydrogens is 479 g/mol. The van der Waals surface area contributed by atoms with E-state index < -0.39 is 0 Å². The normalized spacial score (nSPS) is 21.5. The van der Waals surface area contributed by atoms with Crippen LogP contribution in [0.5, 0.6) is 0 Å². The number of aromatic nitrogens is 2. The van der Waals surface area contributed by atoms with E-state index in [-0.39, 0.29) is 5.82 Å². The van der Waals surface area contributed by atoms with E-state index in [0.29, 0.717) is 27.9 Å². The summed E-state index contributed by atoms with van der Waals surface area (Å²) in [4.78, 5) is 14.0. The Labute approximate surface area is 194 Å². The molecule has 0 bridgehead atoms. The minimum Gasteiger partial charge on any atom is -0.383 e. The van der Waals surface area contributed by atoms with E-state index in [0.717, 1.165) is 42.6 Å². The van der Waals surface area contributed by atoms with Gasteiger partial charge in [0, 0.05) is 29.0 Å². The predicted octanol–water partition coefficient (Wildman–Crippen LogP) is 5.55. The number of aryl methyl sites for hydroxylation is 1. The quantitative estimate of drug-likeness (QED) is 0.476. The summed E-state index contributed by atoms with van der Waals surface area (Å²) in [7, 11) is 1.80. The van der Waals surface area contributed by atoms with Gasteiger partial charge in [-0.2, -0.15) is 0 Å². The molecule has 8 heteroatoms. The molecule has 2 aliphatic rings. The van der Waals surface area contributed by atoms with Crippen molar-refractivity contribution in [2.24, 2.45) is 5.92 Å². The van der Waals surface area contributed by atoms with Crippen molar-refractivity contribution >= 4 is 49.0 Å². The second kappa shape index (κ2) is 9.10. The highest BCUT2D eigenvalue weighted by atomic mass is 79.9. The lowest BCUT2D eigenvalue weighted by atomic mass is 9.87. The molecule has 164 valence electrons. The molecule has 5 rings (SSSR count). The van der Waals surface area contributed by atoms with Crippen molar-refractivity contribution in [2.45, 2.75) is 38.1 Å². The van der Waals surface area contributed by atoms with Crippen LogP contribution in [0, 0.1) is 11.7 Å². The van der Waals surface area contributed by atoms with Crippen molar-refractivity contribution in [1.29, 1.82) is 0 Å². The molecule has 2 aromatic heterocycles. The number of thiophene rings is 1. The topological polar surface area (TPSA) is 50.3 Å². The lowest BCUT2D eigenvalue weighted by Crippen LogP contribution is -2.38. The lowest BCUT2D eigenvalue weighted by molar-refractivity contribution is 0.104. The highest BCUT2D eigenvalue weighted by Gasteiger charge is 2.30. The molecule has 0 spiro atoms. The maximum Gasteiger partial charge on any atom is 0.147 e. The Morgan fingerprint density at radius 1 is 1.32 bits per heavy atom. The Hall–Kier alpha value is -1.61. The van der Waals surface area contributed by atoms with Crippen LogP contribution in [0.15, 0.2) is 29.0 Å². The van der Waals surface area contributed by atoms with Gasteiger partial charge in [-0.3, -0.25) is 4.90 Å². The number of rotatable bonds is 6. The minimum absolute atomic E-state index is 0.304. The van der Waals surface area contributed by atoms with Crippen LogP contribution >= 0.6 is 27.3 Å². The fraction of sp³-hybridized carbons (Fsp3) is 0.478. The van der Waals surface area contributed by atoms with Gasteiger partial charge in [-0.15, -0.1) is 11.3 Å². The van der Waals surface area contributed by atoms with E-state index in [1.165, 1.54) is 35.9 Å². The Morgan fingerprint density at radius 3 is 3.06 bits per heavy atom. The Bertz CT molecular complexity index is 1090. The molecule has 2 atom stereocenters. The number of likely N-dealkylation sites (tertiary alicyclic amines) is 1. The maximum absolute atomic E-state index is 14.4. The minimum atomic E-state index is -0.304. The van der Waals surface area contributed by atoms with Crippen molar-refractivity contribution < 1.29 is 9.13 Å². The molecule has 5 nitrogen and oxygen atoms in total. The van der Waals surface area contributed by atoms with Crippen LogP contribution in [0.1, 0.15) is 29.7 Å². The third-order valence-corrected chi connectivity index (χ3v) is 8.14. The molecule has 1 aromatic carbocycles. The van der Waals surface area contributed by atoms with Crippen molar-refractivity contribution in [3.63, 3.8) is 0 Å². The SMILES string of the molecule is COCC1CCCN1CC1CCc2c(sc3ncnc(Nc4ccc(Br)cc4F)c23)C1. The fourth-order valence-electron chi connectivity index (χ4n) is 5.00. The first-order valence-electron chi connectivity index (χ1n) is 10.8. The number of anilines is 2. The fourth-order valence-corrected chi connectivity index (χ4v) is 6.63. The molecule has 1 N–H and O–H groups in total. The van der Waals surface area contributed by atoms with E-state index in [1.807, 2.05) is 6.07 Å². The van der Waals surface area contributed by atoms with Crippen molar-refractivity contribution in [2.75, 3.05) is 32.1 Å². The van der Waals surface area contributed by atoms with Crippen LogP contribution in [0.25, 0.3) is 10.2 Å². The molecule has 2 unspecified atom stereocenters. The molecule has 0 amide bonds. The number of ether oxygens (including phenoxy) is 1. The van der Waals surface area contributed by atoms with Crippen molar-refractivity contribution in [1.82, 2.24) is 14.9 Å². The number of nitrogens with zero attached hydrogens (tertiary/aromatic N) is 3. The van der Waals surface area contributed by atoms with Gasteiger partial charge in [0.1, 0.15) is 22.8 Å². The average Bonchev–Trinajstić information content (AvgIpc) is 3.34. The summed E-state index contributed by atoms with van der Waals surface area (Å²) in [6.07, 6.45) is 7.35. The number of nitrogens with one attached hydrogen (secondary N) is 1. The Balaban J connectivity index is 1.38. The van der Waals surface area contributed by atoms with E-state index in [4.69, 9.17) is 4.74 Å². The first-order valence-corrected chi connectivity index (χ1v) is 12.4. The molecule has 1 saturated heterocycles. The monoisotopic (exact) mass is 504 g/mol. The molecule has 31 heavy (non-hydrogen) atoms. The van der Waals surface area contributed by atoms with Gasteiger partial charge in [-0.05, 0) is 68.3 Å². The largest absolute Gasteiger partial charge is 0.383 e. The van der Waals surface area contributed by atoms with Crippen LogP contribution in [-0.2, 0) is 17.6 Å². The summed E-state index contributed by atoms with van der Waals surface area (Å²) in [5.74, 6) is 1.05. The van der Waals surface area contributed by atoms with Gasteiger partial charge in [-0.25, -0.2) is 14.4 Å². The summed E-state index contributed by atoms with van der Waals surface area (Å²) in [5.41, 5.74) is 1.77. The van der Waals surface area contributed by atoms with Crippen LogP contribution < -0.4 is 5.32 Å². The number of halogens is 2. The molecular formula is C23H26BrFN4OS. The summed E-state index contributed by atoms with van der Waals surface area (Å²) in [6.45, 7) is 3.16. The zero-order chi connectivity index (χ0) is 21.4. The first kappa shape index (κ1) is 21.2. The van der Waals surface area contributed by atoms with Gasteiger partial charge < -0.3 is 10.1 Å². The molecule has 0 radical (unpaired) electrons. The second-order valence-corrected chi connectivity index (χ2v) is 10.5. The zero-order valence-electron chi connectivity index (χ0n) is 17.5. The molecule has 1 aliphatic heterocycles. The van der Waals surface area contributed by atoms with Gasteiger partial charge in [0.25, 0.3) is 0 Å². The van der Waals surface area contributed by atoms with Crippen molar-refractivity contribution in [3.8, 4) is 0 Å². The lowest BCUT2D eigenvalue weighted by Gasteiger charge is -2.30. The predicted molar refractivity (Wildman–Crippen MR) is 127 cm³/mol. The maximum atomic E-state index is 14.4. The van der Waals surface area contributed by atoms with E-state index in [9.17, 15) is 4.39 Å². The number of benzene rings is 1. The Kier molecular flexibility index (Phi) is 6.23. The summed E-state index contributed by atoms with van der Waals surface area (Å²) < 4.78 is 20.5. The number of methoxy groups -OCH3 is 1. The molecule has 3 heterocycles. The molecule has 1 fully saturated rings. The third kappa shape index (κ3) is 4.35. The highest BCUT2D eigenvalue weighted by molar-refractivity contribution is 9.10. The zero-order valence-corrected chi connectivity index (χ0v) is 19.9. The van der Waals surface area contributed by atoms with Crippen LogP contribution in [0.3, 0.4) is 0 Å². The molecule has 3 aromatic rings. The standard InChI is InChI=1S/C23H26BrFN4OS/c1-30-12-16-3-2-8-29(16)11-14-4-6-17-20(9-14)31-23-21(17)22(26-13-27-23)28-19-7-5-15(24)10-18(19)25/h5,7,10,13-14,16H,2-4,6,8-9,11-12H2,1H3,(H,26,27,28). The first-order chi connectivity index (χ1) is 15.1. The summed E-state index contributed by atoms with van der Waals surface area (Å²) in [6, 6.07) is 5.58. The van der Waals surface area contributed by atoms with Crippen molar-refractivity contribution in [3.05, 3.63) is 45.3 Å². The number of hydrogen-bond donors (Lipinski definition) is 1. The van der Waals surface area contributed by atoms with E-state index >= 15 is 0 Å². The molecule has 1 aliphatic carbocycles.